The first-order valence-electron chi connectivity index (χ1n) is 10.4. The number of anilines is 2. The Balaban J connectivity index is 1.76. The minimum Gasteiger partial charge on any atom is -0.422 e. The molecule has 0 radical (unpaired) electrons. The Morgan fingerprint density at radius 3 is 2.26 bits per heavy atom. The molecule has 0 unspecified atom stereocenters. The van der Waals surface area contributed by atoms with Gasteiger partial charge in [0.1, 0.15) is 11.1 Å². The molecule has 0 aliphatic heterocycles. The monoisotopic (exact) mass is 416 g/mol. The van der Waals surface area contributed by atoms with Gasteiger partial charge in [0, 0.05) is 50.0 Å². The summed E-state index contributed by atoms with van der Waals surface area (Å²) in [5, 5.41) is 0.726. The number of nitrogens with zero attached hydrogens (tertiary/aromatic N) is 2. The second kappa shape index (κ2) is 9.94. The molecule has 160 valence electrons. The van der Waals surface area contributed by atoms with E-state index in [1.165, 1.54) is 6.08 Å². The van der Waals surface area contributed by atoms with Crippen LogP contribution in [0.1, 0.15) is 29.8 Å². The number of carbonyl (C=O) groups is 1. The molecule has 1 aromatic heterocycles. The molecule has 0 aliphatic rings. The molecule has 2 aromatic carbocycles. The number of rotatable bonds is 8. The Hall–Kier alpha value is -3.60. The van der Waals surface area contributed by atoms with Crippen molar-refractivity contribution in [1.29, 1.82) is 0 Å². The molecule has 0 fully saturated rings. The number of ketones is 1. The van der Waals surface area contributed by atoms with Crippen LogP contribution in [0.3, 0.4) is 0 Å². The van der Waals surface area contributed by atoms with Crippen LogP contribution in [-0.4, -0.2) is 33.0 Å². The van der Waals surface area contributed by atoms with E-state index < -0.39 is 5.63 Å². The lowest BCUT2D eigenvalue weighted by molar-refractivity contribution is 0.104. The summed E-state index contributed by atoms with van der Waals surface area (Å²) >= 11 is 0. The van der Waals surface area contributed by atoms with Crippen LogP contribution in [0.4, 0.5) is 11.4 Å². The maximum absolute atomic E-state index is 12.5. The lowest BCUT2D eigenvalue weighted by Gasteiger charge is -2.20. The highest BCUT2D eigenvalue weighted by Gasteiger charge is 2.12. The third-order valence-electron chi connectivity index (χ3n) is 5.17. The Kier molecular flexibility index (Phi) is 7.08. The van der Waals surface area contributed by atoms with E-state index in [1.54, 1.807) is 18.2 Å². The summed E-state index contributed by atoms with van der Waals surface area (Å²) in [7, 11) is 3.99. The summed E-state index contributed by atoms with van der Waals surface area (Å²) in [6.45, 7) is 5.87. The van der Waals surface area contributed by atoms with Crippen molar-refractivity contribution in [3.8, 4) is 0 Å². The van der Waals surface area contributed by atoms with E-state index in [0.29, 0.717) is 5.58 Å². The average molecular weight is 417 g/mol. The van der Waals surface area contributed by atoms with Crippen LogP contribution < -0.4 is 15.4 Å². The Labute approximate surface area is 182 Å². The van der Waals surface area contributed by atoms with Crippen molar-refractivity contribution < 1.29 is 9.21 Å². The van der Waals surface area contributed by atoms with E-state index >= 15 is 0 Å². The summed E-state index contributed by atoms with van der Waals surface area (Å²) in [6, 6.07) is 15.4. The standard InChI is InChI=1S/C26H28N2O3/c1-5-28(6-2)22-16-13-20-17-23(26(30)31-25(20)18-22)24(29)10-8-7-9-19-11-14-21(15-12-19)27(3)4/h7-18H,5-6H2,1-4H3. The molecule has 5 heteroatoms. The number of benzene rings is 2. The van der Waals surface area contributed by atoms with E-state index in [1.807, 2.05) is 67.5 Å². The number of fused-ring (bicyclic) bond motifs is 1. The smallest absolute Gasteiger partial charge is 0.347 e. The lowest BCUT2D eigenvalue weighted by atomic mass is 10.1. The van der Waals surface area contributed by atoms with Crippen molar-refractivity contribution in [2.24, 2.45) is 0 Å². The van der Waals surface area contributed by atoms with Gasteiger partial charge < -0.3 is 14.2 Å². The van der Waals surface area contributed by atoms with E-state index in [-0.39, 0.29) is 11.3 Å². The van der Waals surface area contributed by atoms with Gasteiger partial charge in [0.25, 0.3) is 0 Å². The fourth-order valence-corrected chi connectivity index (χ4v) is 3.34. The predicted octanol–water partition coefficient (Wildman–Crippen LogP) is 5.16. The van der Waals surface area contributed by atoms with Crippen LogP contribution in [-0.2, 0) is 0 Å². The van der Waals surface area contributed by atoms with Gasteiger partial charge in [-0.3, -0.25) is 4.79 Å². The number of carbonyl (C=O) groups excluding carboxylic acids is 1. The van der Waals surface area contributed by atoms with Gasteiger partial charge in [0.15, 0.2) is 5.78 Å². The van der Waals surface area contributed by atoms with Crippen LogP contribution in [0, 0.1) is 0 Å². The quantitative estimate of drug-likeness (QED) is 0.220. The topological polar surface area (TPSA) is 53.8 Å². The van der Waals surface area contributed by atoms with Gasteiger partial charge in [0.2, 0.25) is 0 Å². The van der Waals surface area contributed by atoms with Gasteiger partial charge in [-0.1, -0.05) is 30.4 Å². The Bertz CT molecular complexity index is 1170. The third kappa shape index (κ3) is 5.31. The predicted molar refractivity (Wildman–Crippen MR) is 129 cm³/mol. The maximum Gasteiger partial charge on any atom is 0.347 e. The highest BCUT2D eigenvalue weighted by molar-refractivity contribution is 6.06. The summed E-state index contributed by atoms with van der Waals surface area (Å²) in [5.74, 6) is -0.379. The Morgan fingerprint density at radius 1 is 0.935 bits per heavy atom. The van der Waals surface area contributed by atoms with Crippen molar-refractivity contribution >= 4 is 34.2 Å². The lowest BCUT2D eigenvalue weighted by Crippen LogP contribution is -2.21. The highest BCUT2D eigenvalue weighted by atomic mass is 16.4. The molecule has 3 aromatic rings. The normalized spacial score (nSPS) is 11.5. The molecule has 5 nitrogen and oxygen atoms in total. The molecule has 0 saturated carbocycles. The molecule has 3 rings (SSSR count). The van der Waals surface area contributed by atoms with E-state index in [2.05, 4.69) is 18.7 Å². The minimum absolute atomic E-state index is 0.0306. The van der Waals surface area contributed by atoms with Gasteiger partial charge >= 0.3 is 5.63 Å². The van der Waals surface area contributed by atoms with Crippen molar-refractivity contribution in [3.05, 3.63) is 88.3 Å². The van der Waals surface area contributed by atoms with Crippen LogP contribution in [0.2, 0.25) is 0 Å². The molecular weight excluding hydrogens is 388 g/mol. The van der Waals surface area contributed by atoms with Crippen molar-refractivity contribution in [2.45, 2.75) is 13.8 Å². The highest BCUT2D eigenvalue weighted by Crippen LogP contribution is 2.22. The molecule has 0 bridgehead atoms. The summed E-state index contributed by atoms with van der Waals surface area (Å²) < 4.78 is 5.44. The largest absolute Gasteiger partial charge is 0.422 e. The van der Waals surface area contributed by atoms with Gasteiger partial charge in [0.05, 0.1) is 0 Å². The average Bonchev–Trinajstić information content (AvgIpc) is 2.77. The van der Waals surface area contributed by atoms with Crippen LogP contribution in [0.15, 0.2) is 76.0 Å². The van der Waals surface area contributed by atoms with Crippen LogP contribution in [0.25, 0.3) is 17.0 Å². The van der Waals surface area contributed by atoms with E-state index in [0.717, 1.165) is 35.4 Å². The summed E-state index contributed by atoms with van der Waals surface area (Å²) in [4.78, 5) is 29.1. The van der Waals surface area contributed by atoms with E-state index in [4.69, 9.17) is 4.42 Å². The van der Waals surface area contributed by atoms with Crippen LogP contribution in [0.5, 0.6) is 0 Å². The SMILES string of the molecule is CCN(CC)c1ccc2cc(C(=O)C=CC=Cc3ccc(N(C)C)cc3)c(=O)oc2c1. The zero-order chi connectivity index (χ0) is 22.4. The number of hydrogen-bond donors (Lipinski definition) is 0. The zero-order valence-corrected chi connectivity index (χ0v) is 18.5. The van der Waals surface area contributed by atoms with Crippen molar-refractivity contribution in [2.75, 3.05) is 37.0 Å². The van der Waals surface area contributed by atoms with Gasteiger partial charge in [-0.2, -0.15) is 0 Å². The molecule has 0 saturated heterocycles. The first kappa shape index (κ1) is 22.1. The molecule has 0 spiro atoms. The number of allylic oxidation sites excluding steroid dienone is 3. The molecule has 0 N–H and O–H groups in total. The minimum atomic E-state index is -0.623. The first-order chi connectivity index (χ1) is 14.9. The van der Waals surface area contributed by atoms with Crippen molar-refractivity contribution in [1.82, 2.24) is 0 Å². The van der Waals surface area contributed by atoms with Gasteiger partial charge in [-0.25, -0.2) is 4.79 Å². The molecule has 31 heavy (non-hydrogen) atoms. The van der Waals surface area contributed by atoms with Crippen molar-refractivity contribution in [3.63, 3.8) is 0 Å². The Morgan fingerprint density at radius 2 is 1.61 bits per heavy atom. The van der Waals surface area contributed by atoms with Gasteiger partial charge in [-0.05, 0) is 55.8 Å². The van der Waals surface area contributed by atoms with Gasteiger partial charge in [-0.15, -0.1) is 0 Å². The molecule has 0 aliphatic carbocycles. The fraction of sp³-hybridized carbons (Fsp3) is 0.231. The summed E-state index contributed by atoms with van der Waals surface area (Å²) in [5.41, 5.74) is 3.02. The molecule has 0 atom stereocenters. The second-order valence-corrected chi connectivity index (χ2v) is 7.41. The second-order valence-electron chi connectivity index (χ2n) is 7.41. The first-order valence-corrected chi connectivity index (χ1v) is 10.4. The fourth-order valence-electron chi connectivity index (χ4n) is 3.34. The zero-order valence-electron chi connectivity index (χ0n) is 18.5. The third-order valence-corrected chi connectivity index (χ3v) is 5.17. The summed E-state index contributed by atoms with van der Waals surface area (Å²) in [6.07, 6.45) is 6.70. The molecule has 0 amide bonds. The van der Waals surface area contributed by atoms with Crippen LogP contribution >= 0.6 is 0 Å². The maximum atomic E-state index is 12.5. The molecular formula is C26H28N2O3. The molecule has 1 heterocycles. The van der Waals surface area contributed by atoms with E-state index in [9.17, 15) is 9.59 Å². The number of hydrogen-bond acceptors (Lipinski definition) is 5.